The van der Waals surface area contributed by atoms with Gasteiger partial charge >= 0.3 is 5.69 Å². The van der Waals surface area contributed by atoms with Crippen LogP contribution in [-0.2, 0) is 0 Å². The maximum Gasteiger partial charge on any atom is 0.330 e. The molecule has 33 heavy (non-hydrogen) atoms. The van der Waals surface area contributed by atoms with Gasteiger partial charge in [0.15, 0.2) is 5.78 Å². The number of H-pyrrole nitrogens is 1. The summed E-state index contributed by atoms with van der Waals surface area (Å²) in [4.78, 5) is 28.2. The van der Waals surface area contributed by atoms with Gasteiger partial charge < -0.3 is 4.98 Å². The van der Waals surface area contributed by atoms with Crippen molar-refractivity contribution in [2.24, 2.45) is 0 Å². The van der Waals surface area contributed by atoms with Crippen LogP contribution in [0.5, 0.6) is 0 Å². The molecule has 0 atom stereocenters. The van der Waals surface area contributed by atoms with Gasteiger partial charge in [0.2, 0.25) is 0 Å². The van der Waals surface area contributed by atoms with Gasteiger partial charge in [0.1, 0.15) is 5.82 Å². The van der Waals surface area contributed by atoms with Crippen LogP contribution in [0.15, 0.2) is 108 Å². The molecule has 160 valence electrons. The van der Waals surface area contributed by atoms with E-state index in [0.29, 0.717) is 16.9 Å². The highest BCUT2D eigenvalue weighted by molar-refractivity contribution is 6.07. The SMILES string of the molecule is O=C(/C=C/c1ccc(F)cc1)c1cccc(-n2cc(-c3ccc4ccccc4c3)[nH]c2=O)c1. The third-order valence-corrected chi connectivity index (χ3v) is 5.49. The molecule has 0 aliphatic rings. The van der Waals surface area contributed by atoms with Gasteiger partial charge in [-0.3, -0.25) is 9.36 Å². The van der Waals surface area contributed by atoms with E-state index in [1.165, 1.54) is 22.8 Å². The Morgan fingerprint density at radius 3 is 2.45 bits per heavy atom. The molecule has 4 aromatic carbocycles. The highest BCUT2D eigenvalue weighted by atomic mass is 19.1. The van der Waals surface area contributed by atoms with Crippen molar-refractivity contribution in [3.63, 3.8) is 0 Å². The monoisotopic (exact) mass is 434 g/mol. The summed E-state index contributed by atoms with van der Waals surface area (Å²) >= 11 is 0. The Morgan fingerprint density at radius 2 is 1.64 bits per heavy atom. The highest BCUT2D eigenvalue weighted by Crippen LogP contribution is 2.23. The standard InChI is InChI=1S/C28H19FN2O2/c29-24-13-8-19(9-14-24)10-15-27(32)23-6-3-7-25(17-23)31-18-26(30-28(31)33)22-12-11-20-4-1-2-5-21(20)16-22/h1-18H,(H,30,33)/b15-10+. The molecular weight excluding hydrogens is 415 g/mol. The third kappa shape index (κ3) is 4.29. The number of nitrogens with zero attached hydrogens (tertiary/aromatic N) is 1. The van der Waals surface area contributed by atoms with E-state index in [9.17, 15) is 14.0 Å². The molecule has 0 spiro atoms. The summed E-state index contributed by atoms with van der Waals surface area (Å²) in [6.45, 7) is 0. The number of benzene rings is 4. The van der Waals surface area contributed by atoms with Crippen LogP contribution >= 0.6 is 0 Å². The molecule has 1 aromatic heterocycles. The molecule has 0 amide bonds. The van der Waals surface area contributed by atoms with E-state index in [0.717, 1.165) is 21.9 Å². The Hall–Kier alpha value is -4.51. The van der Waals surface area contributed by atoms with Gasteiger partial charge in [-0.25, -0.2) is 9.18 Å². The first-order chi connectivity index (χ1) is 16.1. The lowest BCUT2D eigenvalue weighted by Gasteiger charge is -2.04. The number of carbonyl (C=O) groups is 1. The second kappa shape index (κ2) is 8.55. The predicted octanol–water partition coefficient (Wildman–Crippen LogP) is 6.02. The Balaban J connectivity index is 1.43. The van der Waals surface area contributed by atoms with E-state index in [1.54, 1.807) is 48.7 Å². The Labute approximate surface area is 189 Å². The number of aromatic amines is 1. The van der Waals surface area contributed by atoms with E-state index < -0.39 is 0 Å². The average Bonchev–Trinajstić information content (AvgIpc) is 3.25. The molecule has 0 bridgehead atoms. The van der Waals surface area contributed by atoms with Gasteiger partial charge in [-0.1, -0.05) is 66.7 Å². The number of imidazole rings is 1. The maximum absolute atomic E-state index is 13.0. The molecule has 5 aromatic rings. The van der Waals surface area contributed by atoms with Crippen LogP contribution in [0, 0.1) is 5.82 Å². The van der Waals surface area contributed by atoms with E-state index in [1.807, 2.05) is 42.5 Å². The predicted molar refractivity (Wildman–Crippen MR) is 129 cm³/mol. The smallest absolute Gasteiger partial charge is 0.305 e. The van der Waals surface area contributed by atoms with Crippen LogP contribution in [0.4, 0.5) is 4.39 Å². The van der Waals surface area contributed by atoms with Crippen molar-refractivity contribution in [1.29, 1.82) is 0 Å². The fraction of sp³-hybridized carbons (Fsp3) is 0. The van der Waals surface area contributed by atoms with Crippen molar-refractivity contribution in [3.05, 3.63) is 131 Å². The number of carbonyl (C=O) groups excluding carboxylic acids is 1. The van der Waals surface area contributed by atoms with Gasteiger partial charge in [-0.05, 0) is 52.7 Å². The largest absolute Gasteiger partial charge is 0.330 e. The van der Waals surface area contributed by atoms with Crippen LogP contribution in [-0.4, -0.2) is 15.3 Å². The van der Waals surface area contributed by atoms with Gasteiger partial charge in [0.05, 0.1) is 11.4 Å². The quantitative estimate of drug-likeness (QED) is 0.272. The summed E-state index contributed by atoms with van der Waals surface area (Å²) in [6, 6.07) is 26.8. The van der Waals surface area contributed by atoms with Crippen molar-refractivity contribution < 1.29 is 9.18 Å². The first-order valence-corrected chi connectivity index (χ1v) is 10.5. The second-order valence-corrected chi connectivity index (χ2v) is 7.70. The molecule has 0 aliphatic heterocycles. The number of hydrogen-bond acceptors (Lipinski definition) is 2. The van der Waals surface area contributed by atoms with Crippen molar-refractivity contribution >= 4 is 22.6 Å². The highest BCUT2D eigenvalue weighted by Gasteiger charge is 2.10. The summed E-state index contributed by atoms with van der Waals surface area (Å²) in [5, 5.41) is 2.21. The van der Waals surface area contributed by atoms with Crippen LogP contribution < -0.4 is 5.69 Å². The summed E-state index contributed by atoms with van der Waals surface area (Å²) in [5.74, 6) is -0.536. The number of allylic oxidation sites excluding steroid dienone is 1. The van der Waals surface area contributed by atoms with Crippen molar-refractivity contribution in [2.75, 3.05) is 0 Å². The number of rotatable bonds is 5. The zero-order valence-electron chi connectivity index (χ0n) is 17.5. The summed E-state index contributed by atoms with van der Waals surface area (Å²) < 4.78 is 14.5. The number of hydrogen-bond donors (Lipinski definition) is 1. The van der Waals surface area contributed by atoms with E-state index in [2.05, 4.69) is 4.98 Å². The van der Waals surface area contributed by atoms with Crippen molar-refractivity contribution in [3.8, 4) is 16.9 Å². The van der Waals surface area contributed by atoms with Crippen LogP contribution in [0.2, 0.25) is 0 Å². The molecule has 1 heterocycles. The van der Waals surface area contributed by atoms with Gasteiger partial charge in [-0.15, -0.1) is 0 Å². The topological polar surface area (TPSA) is 54.9 Å². The molecule has 0 aliphatic carbocycles. The number of fused-ring (bicyclic) bond motifs is 1. The molecule has 1 N–H and O–H groups in total. The minimum Gasteiger partial charge on any atom is -0.305 e. The summed E-state index contributed by atoms with van der Waals surface area (Å²) in [5.41, 5.74) is 3.07. The maximum atomic E-state index is 13.0. The van der Waals surface area contributed by atoms with Crippen molar-refractivity contribution in [2.45, 2.75) is 0 Å². The molecule has 5 rings (SSSR count). The molecule has 0 unspecified atom stereocenters. The molecule has 0 fully saturated rings. The fourth-order valence-electron chi connectivity index (χ4n) is 3.74. The fourth-order valence-corrected chi connectivity index (χ4v) is 3.74. The van der Waals surface area contributed by atoms with Crippen LogP contribution in [0.1, 0.15) is 15.9 Å². The second-order valence-electron chi connectivity index (χ2n) is 7.70. The molecule has 4 nitrogen and oxygen atoms in total. The number of nitrogens with one attached hydrogen (secondary N) is 1. The zero-order chi connectivity index (χ0) is 22.8. The summed E-state index contributed by atoms with van der Waals surface area (Å²) in [6.07, 6.45) is 4.81. The van der Waals surface area contributed by atoms with Gasteiger partial charge in [0.25, 0.3) is 0 Å². The molecular formula is C28H19FN2O2. The van der Waals surface area contributed by atoms with E-state index in [-0.39, 0.29) is 17.3 Å². The lowest BCUT2D eigenvalue weighted by atomic mass is 10.1. The normalized spacial score (nSPS) is 11.3. The number of ketones is 1. The molecule has 0 radical (unpaired) electrons. The van der Waals surface area contributed by atoms with E-state index in [4.69, 9.17) is 0 Å². The molecule has 5 heteroatoms. The Morgan fingerprint density at radius 1 is 0.848 bits per heavy atom. The van der Waals surface area contributed by atoms with Gasteiger partial charge in [0, 0.05) is 17.3 Å². The number of halogens is 1. The Kier molecular flexibility index (Phi) is 5.29. The minimum atomic E-state index is -0.328. The van der Waals surface area contributed by atoms with Crippen LogP contribution in [0.25, 0.3) is 33.8 Å². The first-order valence-electron chi connectivity index (χ1n) is 10.5. The average molecular weight is 434 g/mol. The van der Waals surface area contributed by atoms with Crippen LogP contribution in [0.3, 0.4) is 0 Å². The summed E-state index contributed by atoms with van der Waals surface area (Å²) in [7, 11) is 0. The van der Waals surface area contributed by atoms with Gasteiger partial charge in [-0.2, -0.15) is 0 Å². The molecule has 0 saturated carbocycles. The zero-order valence-corrected chi connectivity index (χ0v) is 17.5. The van der Waals surface area contributed by atoms with E-state index >= 15 is 0 Å². The third-order valence-electron chi connectivity index (χ3n) is 5.49. The Bertz CT molecular complexity index is 1560. The lowest BCUT2D eigenvalue weighted by Crippen LogP contribution is -2.14. The minimum absolute atomic E-state index is 0.209. The van der Waals surface area contributed by atoms with Crippen molar-refractivity contribution in [1.82, 2.24) is 9.55 Å². The number of aromatic nitrogens is 2. The first kappa shape index (κ1) is 20.4. The molecule has 0 saturated heterocycles. The lowest BCUT2D eigenvalue weighted by molar-refractivity contribution is 0.104.